The van der Waals surface area contributed by atoms with E-state index in [4.69, 9.17) is 18.9 Å². The molecule has 0 aliphatic heterocycles. The predicted octanol–water partition coefficient (Wildman–Crippen LogP) is 7.23. The summed E-state index contributed by atoms with van der Waals surface area (Å²) in [6.07, 6.45) is 3.26. The summed E-state index contributed by atoms with van der Waals surface area (Å²) in [6, 6.07) is 22.3. The number of hydrogen-bond acceptors (Lipinski definition) is 7. The summed E-state index contributed by atoms with van der Waals surface area (Å²) in [5.74, 6) is 2.36. The molecule has 0 N–H and O–H groups in total. The Hall–Kier alpha value is -4.65. The van der Waals surface area contributed by atoms with E-state index in [2.05, 4.69) is 4.98 Å². The molecule has 0 spiro atoms. The van der Waals surface area contributed by atoms with Gasteiger partial charge >= 0.3 is 0 Å². The zero-order chi connectivity index (χ0) is 29.2. The topological polar surface area (TPSA) is 84.0 Å². The van der Waals surface area contributed by atoms with Crippen LogP contribution in [0.2, 0.25) is 0 Å². The van der Waals surface area contributed by atoms with Crippen molar-refractivity contribution in [1.29, 1.82) is 0 Å². The van der Waals surface area contributed by atoms with Crippen molar-refractivity contribution in [3.8, 4) is 23.0 Å². The normalized spacial score (nSPS) is 10.8. The molecule has 0 atom stereocenters. The number of hydrogen-bond donors (Lipinski definition) is 0. The molecule has 4 rings (SSSR count). The van der Waals surface area contributed by atoms with Gasteiger partial charge in [0.1, 0.15) is 36.2 Å². The number of ether oxygens (including phenoxy) is 4. The Bertz CT molecular complexity index is 1450. The van der Waals surface area contributed by atoms with Gasteiger partial charge in [-0.05, 0) is 65.1 Å². The van der Waals surface area contributed by atoms with Crippen LogP contribution in [-0.2, 0) is 13.2 Å². The van der Waals surface area contributed by atoms with E-state index in [0.717, 1.165) is 28.2 Å². The van der Waals surface area contributed by atoms with Crippen LogP contribution in [0.1, 0.15) is 70.0 Å². The van der Waals surface area contributed by atoms with Gasteiger partial charge in [-0.1, -0.05) is 38.1 Å². The fourth-order valence-corrected chi connectivity index (χ4v) is 4.29. The van der Waals surface area contributed by atoms with Crippen LogP contribution in [0.15, 0.2) is 85.2 Å². The Morgan fingerprint density at radius 2 is 1.29 bits per heavy atom. The fraction of sp³-hybridized carbons (Fsp3) is 0.265. The molecule has 0 saturated heterocycles. The Kier molecular flexibility index (Phi) is 10.1. The monoisotopic (exact) mass is 553 g/mol. The molecule has 1 aromatic heterocycles. The minimum Gasteiger partial charge on any atom is -0.497 e. The Balaban J connectivity index is 1.60. The first-order valence-corrected chi connectivity index (χ1v) is 13.5. The van der Waals surface area contributed by atoms with Gasteiger partial charge in [-0.2, -0.15) is 0 Å². The van der Waals surface area contributed by atoms with Crippen LogP contribution < -0.4 is 18.9 Å². The van der Waals surface area contributed by atoms with E-state index < -0.39 is 0 Å². The van der Waals surface area contributed by atoms with Crippen molar-refractivity contribution in [2.75, 3.05) is 14.2 Å². The molecule has 0 bridgehead atoms. The van der Waals surface area contributed by atoms with Crippen molar-refractivity contribution >= 4 is 11.6 Å². The van der Waals surface area contributed by atoms with Gasteiger partial charge in [0.05, 0.1) is 19.8 Å². The van der Waals surface area contributed by atoms with Crippen molar-refractivity contribution in [3.05, 3.63) is 113 Å². The molecule has 0 radical (unpaired) electrons. The van der Waals surface area contributed by atoms with Gasteiger partial charge in [0.15, 0.2) is 11.6 Å². The summed E-state index contributed by atoms with van der Waals surface area (Å²) in [5, 5.41) is 0. The van der Waals surface area contributed by atoms with E-state index in [0.29, 0.717) is 29.2 Å². The summed E-state index contributed by atoms with van der Waals surface area (Å²) in [4.78, 5) is 30.2. The largest absolute Gasteiger partial charge is 0.497 e. The average molecular weight is 554 g/mol. The number of pyridine rings is 1. The molecule has 7 heteroatoms. The van der Waals surface area contributed by atoms with Crippen LogP contribution in [0.5, 0.6) is 23.0 Å². The fourth-order valence-electron chi connectivity index (χ4n) is 4.29. The summed E-state index contributed by atoms with van der Waals surface area (Å²) in [7, 11) is 3.25. The van der Waals surface area contributed by atoms with Gasteiger partial charge in [0, 0.05) is 36.9 Å². The van der Waals surface area contributed by atoms with Crippen molar-refractivity contribution in [2.45, 2.75) is 45.8 Å². The number of ketones is 2. The summed E-state index contributed by atoms with van der Waals surface area (Å²) in [5.41, 5.74) is 3.71. The number of methoxy groups -OCH3 is 2. The number of carbonyl (C=O) groups is 2. The van der Waals surface area contributed by atoms with E-state index in [1.165, 1.54) is 6.20 Å². The lowest BCUT2D eigenvalue weighted by Crippen LogP contribution is -2.10. The maximum Gasteiger partial charge on any atom is 0.167 e. The van der Waals surface area contributed by atoms with Crippen LogP contribution in [0, 0.1) is 0 Å². The third-order valence-electron chi connectivity index (χ3n) is 6.70. The molecule has 0 fully saturated rings. The SMILES string of the molecule is COc1ccc(COc2cc(OCc3ccc(OC)cc3)c(C(C)C)cc2C(=O)CCC(=O)c2cccnc2)cc1. The summed E-state index contributed by atoms with van der Waals surface area (Å²) >= 11 is 0. The molecule has 1 heterocycles. The average Bonchev–Trinajstić information content (AvgIpc) is 3.02. The maximum absolute atomic E-state index is 13.5. The van der Waals surface area contributed by atoms with Crippen LogP contribution in [-0.4, -0.2) is 30.8 Å². The zero-order valence-electron chi connectivity index (χ0n) is 23.9. The smallest absolute Gasteiger partial charge is 0.167 e. The second kappa shape index (κ2) is 14.1. The molecule has 212 valence electrons. The highest BCUT2D eigenvalue weighted by Crippen LogP contribution is 2.36. The van der Waals surface area contributed by atoms with Crippen molar-refractivity contribution in [1.82, 2.24) is 4.98 Å². The Morgan fingerprint density at radius 3 is 1.80 bits per heavy atom. The maximum atomic E-state index is 13.5. The molecule has 3 aromatic carbocycles. The number of aromatic nitrogens is 1. The standard InChI is InChI=1S/C34H35NO6/c1-23(2)29-18-30(32(37)16-15-31(36)26-6-5-17-35-20-26)34(41-22-25-9-13-28(39-4)14-10-25)19-33(29)40-21-24-7-11-27(38-3)12-8-24/h5-14,17-20,23H,15-16,21-22H2,1-4H3. The van der Waals surface area contributed by atoms with Crippen LogP contribution in [0.4, 0.5) is 0 Å². The van der Waals surface area contributed by atoms with E-state index in [9.17, 15) is 9.59 Å². The van der Waals surface area contributed by atoms with Gasteiger partial charge in [-0.3, -0.25) is 14.6 Å². The molecular formula is C34H35NO6. The molecular weight excluding hydrogens is 518 g/mol. The van der Waals surface area contributed by atoms with Crippen molar-refractivity contribution in [3.63, 3.8) is 0 Å². The second-order valence-electron chi connectivity index (χ2n) is 9.90. The first-order chi connectivity index (χ1) is 19.9. The predicted molar refractivity (Wildman–Crippen MR) is 157 cm³/mol. The number of carbonyl (C=O) groups excluding carboxylic acids is 2. The first kappa shape index (κ1) is 29.3. The zero-order valence-corrected chi connectivity index (χ0v) is 23.9. The van der Waals surface area contributed by atoms with Gasteiger partial charge in [0.2, 0.25) is 0 Å². The number of nitrogens with zero attached hydrogens (tertiary/aromatic N) is 1. The summed E-state index contributed by atoms with van der Waals surface area (Å²) < 4.78 is 23.0. The Labute approximate surface area is 241 Å². The Morgan fingerprint density at radius 1 is 0.732 bits per heavy atom. The van der Waals surface area contributed by atoms with Gasteiger partial charge in [-0.25, -0.2) is 0 Å². The van der Waals surface area contributed by atoms with Gasteiger partial charge < -0.3 is 18.9 Å². The molecule has 41 heavy (non-hydrogen) atoms. The number of benzene rings is 3. The molecule has 0 unspecified atom stereocenters. The van der Waals surface area contributed by atoms with E-state index in [-0.39, 0.29) is 36.9 Å². The van der Waals surface area contributed by atoms with Crippen LogP contribution in [0.25, 0.3) is 0 Å². The number of Topliss-reactive ketones (excluding diaryl/α,β-unsaturated/α-hetero) is 2. The lowest BCUT2D eigenvalue weighted by molar-refractivity contribution is 0.0914. The molecule has 7 nitrogen and oxygen atoms in total. The molecule has 0 aliphatic carbocycles. The van der Waals surface area contributed by atoms with Crippen LogP contribution >= 0.6 is 0 Å². The van der Waals surface area contributed by atoms with Crippen molar-refractivity contribution in [2.24, 2.45) is 0 Å². The third-order valence-corrected chi connectivity index (χ3v) is 6.70. The highest BCUT2D eigenvalue weighted by Gasteiger charge is 2.21. The molecule has 0 saturated carbocycles. The van der Waals surface area contributed by atoms with Crippen molar-refractivity contribution < 1.29 is 28.5 Å². The third kappa shape index (κ3) is 7.94. The highest BCUT2D eigenvalue weighted by atomic mass is 16.5. The number of rotatable bonds is 14. The molecule has 0 amide bonds. The van der Waals surface area contributed by atoms with Gasteiger partial charge in [-0.15, -0.1) is 0 Å². The minimum atomic E-state index is -0.171. The first-order valence-electron chi connectivity index (χ1n) is 13.5. The quantitative estimate of drug-likeness (QED) is 0.152. The van der Waals surface area contributed by atoms with E-state index in [1.807, 2.05) is 68.4 Å². The van der Waals surface area contributed by atoms with Crippen LogP contribution in [0.3, 0.4) is 0 Å². The minimum absolute atomic E-state index is 0.0518. The van der Waals surface area contributed by atoms with Gasteiger partial charge in [0.25, 0.3) is 0 Å². The molecule has 4 aromatic rings. The van der Waals surface area contributed by atoms with E-state index >= 15 is 0 Å². The summed E-state index contributed by atoms with van der Waals surface area (Å²) in [6.45, 7) is 4.69. The molecule has 0 aliphatic rings. The van der Waals surface area contributed by atoms with E-state index in [1.54, 1.807) is 38.6 Å². The lowest BCUT2D eigenvalue weighted by atomic mass is 9.95. The lowest BCUT2D eigenvalue weighted by Gasteiger charge is -2.19. The second-order valence-corrected chi connectivity index (χ2v) is 9.90. The highest BCUT2D eigenvalue weighted by molar-refractivity contribution is 6.03.